The van der Waals surface area contributed by atoms with Crippen molar-refractivity contribution >= 4 is 15.9 Å². The molecule has 0 aliphatic heterocycles. The number of benzene rings is 1. The third kappa shape index (κ3) is 3.09. The van der Waals surface area contributed by atoms with E-state index in [9.17, 15) is 0 Å². The smallest absolute Gasteiger partial charge is 0.0587 e. The molecule has 2 nitrogen and oxygen atoms in total. The van der Waals surface area contributed by atoms with Crippen LogP contribution in [-0.4, -0.2) is 26.8 Å². The van der Waals surface area contributed by atoms with Gasteiger partial charge in [0.2, 0.25) is 0 Å². The molecule has 2 unspecified atom stereocenters. The Morgan fingerprint density at radius 2 is 2.35 bits per heavy atom. The molecule has 0 amide bonds. The van der Waals surface area contributed by atoms with Crippen molar-refractivity contribution < 1.29 is 4.74 Å². The SMILES string of the molecule is COCCNCC1CC1(C)c1cccc(Br)c1. The van der Waals surface area contributed by atoms with Crippen LogP contribution in [0.25, 0.3) is 0 Å². The van der Waals surface area contributed by atoms with Crippen LogP contribution < -0.4 is 5.32 Å². The van der Waals surface area contributed by atoms with E-state index in [-0.39, 0.29) is 0 Å². The van der Waals surface area contributed by atoms with Crippen molar-refractivity contribution in [1.82, 2.24) is 5.32 Å². The van der Waals surface area contributed by atoms with E-state index in [0.29, 0.717) is 5.41 Å². The number of hydrogen-bond acceptors (Lipinski definition) is 2. The normalized spacial score (nSPS) is 27.1. The van der Waals surface area contributed by atoms with Gasteiger partial charge in [0.25, 0.3) is 0 Å². The van der Waals surface area contributed by atoms with E-state index in [4.69, 9.17) is 4.74 Å². The molecule has 1 aromatic carbocycles. The van der Waals surface area contributed by atoms with Gasteiger partial charge in [-0.2, -0.15) is 0 Å². The maximum absolute atomic E-state index is 5.03. The lowest BCUT2D eigenvalue weighted by molar-refractivity contribution is 0.199. The van der Waals surface area contributed by atoms with Gasteiger partial charge in [-0.15, -0.1) is 0 Å². The van der Waals surface area contributed by atoms with E-state index in [1.165, 1.54) is 16.5 Å². The lowest BCUT2D eigenvalue weighted by Gasteiger charge is -2.13. The molecular formula is C14H20BrNO. The van der Waals surface area contributed by atoms with Gasteiger partial charge >= 0.3 is 0 Å². The Morgan fingerprint density at radius 1 is 1.53 bits per heavy atom. The first-order valence-electron chi connectivity index (χ1n) is 6.12. The lowest BCUT2D eigenvalue weighted by Crippen LogP contribution is -2.23. The maximum Gasteiger partial charge on any atom is 0.0587 e. The van der Waals surface area contributed by atoms with Crippen LogP contribution in [0.3, 0.4) is 0 Å². The fourth-order valence-electron chi connectivity index (χ4n) is 2.40. The standard InChI is InChI=1S/C14H20BrNO/c1-14(11-4-3-5-13(15)8-11)9-12(14)10-16-6-7-17-2/h3-5,8,12,16H,6-7,9-10H2,1-2H3. The van der Waals surface area contributed by atoms with E-state index in [1.807, 2.05) is 0 Å². The van der Waals surface area contributed by atoms with Crippen molar-refractivity contribution in [3.8, 4) is 0 Å². The van der Waals surface area contributed by atoms with E-state index in [1.54, 1.807) is 7.11 Å². The quantitative estimate of drug-likeness (QED) is 0.815. The van der Waals surface area contributed by atoms with E-state index in [0.717, 1.165) is 25.6 Å². The van der Waals surface area contributed by atoms with E-state index < -0.39 is 0 Å². The summed E-state index contributed by atoms with van der Waals surface area (Å²) in [6, 6.07) is 8.69. The molecule has 1 fully saturated rings. The summed E-state index contributed by atoms with van der Waals surface area (Å²) in [5.74, 6) is 0.758. The maximum atomic E-state index is 5.03. The molecule has 0 radical (unpaired) electrons. The zero-order chi connectivity index (χ0) is 12.3. The van der Waals surface area contributed by atoms with E-state index >= 15 is 0 Å². The summed E-state index contributed by atoms with van der Waals surface area (Å²) < 4.78 is 6.20. The highest BCUT2D eigenvalue weighted by molar-refractivity contribution is 9.10. The van der Waals surface area contributed by atoms with Crippen LogP contribution >= 0.6 is 15.9 Å². The van der Waals surface area contributed by atoms with Crippen LogP contribution in [0, 0.1) is 5.92 Å². The zero-order valence-corrected chi connectivity index (χ0v) is 12.1. The Bertz CT molecular complexity index is 382. The molecular weight excluding hydrogens is 278 g/mol. The van der Waals surface area contributed by atoms with Gasteiger partial charge in [-0.3, -0.25) is 0 Å². The first-order valence-corrected chi connectivity index (χ1v) is 6.92. The molecule has 1 aliphatic rings. The average Bonchev–Trinajstić information content (AvgIpc) is 2.98. The van der Waals surface area contributed by atoms with Crippen LogP contribution in [0.2, 0.25) is 0 Å². The summed E-state index contributed by atoms with van der Waals surface area (Å²) in [4.78, 5) is 0. The van der Waals surface area contributed by atoms with Gasteiger partial charge < -0.3 is 10.1 Å². The first-order chi connectivity index (χ1) is 8.16. The minimum atomic E-state index is 0.365. The molecule has 2 rings (SSSR count). The minimum absolute atomic E-state index is 0.365. The molecule has 0 saturated heterocycles. The van der Waals surface area contributed by atoms with Crippen molar-refractivity contribution in [2.24, 2.45) is 5.92 Å². The topological polar surface area (TPSA) is 21.3 Å². The summed E-state index contributed by atoms with van der Waals surface area (Å²) >= 11 is 3.54. The molecule has 0 aromatic heterocycles. The highest BCUT2D eigenvalue weighted by Gasteiger charge is 2.50. The van der Waals surface area contributed by atoms with Gasteiger partial charge in [0.15, 0.2) is 0 Å². The van der Waals surface area contributed by atoms with Gasteiger partial charge in [-0.1, -0.05) is 35.0 Å². The summed E-state index contributed by atoms with van der Waals surface area (Å²) in [6.07, 6.45) is 1.28. The highest BCUT2D eigenvalue weighted by Crippen LogP contribution is 2.53. The van der Waals surface area contributed by atoms with Crippen LogP contribution in [0.1, 0.15) is 18.9 Å². The van der Waals surface area contributed by atoms with Gasteiger partial charge in [0.1, 0.15) is 0 Å². The second kappa shape index (κ2) is 5.51. The summed E-state index contributed by atoms with van der Waals surface area (Å²) in [7, 11) is 1.74. The van der Waals surface area contributed by atoms with Crippen molar-refractivity contribution in [2.45, 2.75) is 18.8 Å². The lowest BCUT2D eigenvalue weighted by atomic mass is 9.95. The average molecular weight is 298 g/mol. The number of methoxy groups -OCH3 is 1. The Kier molecular flexibility index (Phi) is 4.23. The molecule has 1 aromatic rings. The highest BCUT2D eigenvalue weighted by atomic mass is 79.9. The van der Waals surface area contributed by atoms with Gasteiger partial charge in [0.05, 0.1) is 6.61 Å². The molecule has 3 heteroatoms. The Balaban J connectivity index is 1.86. The molecule has 94 valence electrons. The van der Waals surface area contributed by atoms with Gasteiger partial charge in [0, 0.05) is 18.1 Å². The van der Waals surface area contributed by atoms with Crippen LogP contribution in [0.4, 0.5) is 0 Å². The Labute approximate surface area is 112 Å². The zero-order valence-electron chi connectivity index (χ0n) is 10.5. The minimum Gasteiger partial charge on any atom is -0.383 e. The molecule has 0 bridgehead atoms. The molecule has 1 aliphatic carbocycles. The van der Waals surface area contributed by atoms with Crippen LogP contribution in [-0.2, 0) is 10.2 Å². The predicted molar refractivity (Wildman–Crippen MR) is 74.3 cm³/mol. The first kappa shape index (κ1) is 13.1. The Morgan fingerprint density at radius 3 is 3.06 bits per heavy atom. The summed E-state index contributed by atoms with van der Waals surface area (Å²) in [5, 5.41) is 3.45. The molecule has 17 heavy (non-hydrogen) atoms. The number of ether oxygens (including phenoxy) is 1. The monoisotopic (exact) mass is 297 g/mol. The van der Waals surface area contributed by atoms with Gasteiger partial charge in [-0.25, -0.2) is 0 Å². The van der Waals surface area contributed by atoms with Crippen LogP contribution in [0.15, 0.2) is 28.7 Å². The van der Waals surface area contributed by atoms with Crippen molar-refractivity contribution in [3.05, 3.63) is 34.3 Å². The number of rotatable bonds is 6. The third-order valence-corrected chi connectivity index (χ3v) is 4.26. The Hall–Kier alpha value is -0.380. The van der Waals surface area contributed by atoms with Crippen molar-refractivity contribution in [3.63, 3.8) is 0 Å². The molecule has 0 heterocycles. The second-order valence-corrected chi connectivity index (χ2v) is 5.94. The van der Waals surface area contributed by atoms with Crippen molar-refractivity contribution in [1.29, 1.82) is 0 Å². The molecule has 0 spiro atoms. The fraction of sp³-hybridized carbons (Fsp3) is 0.571. The molecule has 1 saturated carbocycles. The number of halogens is 1. The van der Waals surface area contributed by atoms with Crippen LogP contribution in [0.5, 0.6) is 0 Å². The van der Waals surface area contributed by atoms with Crippen molar-refractivity contribution in [2.75, 3.05) is 26.8 Å². The fourth-order valence-corrected chi connectivity index (χ4v) is 2.80. The summed E-state index contributed by atoms with van der Waals surface area (Å²) in [6.45, 7) is 5.19. The number of hydrogen-bond donors (Lipinski definition) is 1. The number of nitrogens with one attached hydrogen (secondary N) is 1. The molecule has 1 N–H and O–H groups in total. The van der Waals surface area contributed by atoms with E-state index in [2.05, 4.69) is 52.4 Å². The third-order valence-electron chi connectivity index (χ3n) is 3.77. The molecule has 2 atom stereocenters. The van der Waals surface area contributed by atoms with Gasteiger partial charge in [-0.05, 0) is 42.0 Å². The summed E-state index contributed by atoms with van der Waals surface area (Å²) in [5.41, 5.74) is 1.81. The predicted octanol–water partition coefficient (Wildman–Crippen LogP) is 2.96. The largest absolute Gasteiger partial charge is 0.383 e. The second-order valence-electron chi connectivity index (χ2n) is 5.03.